The molecule has 3 rings (SSSR count). The second-order valence-corrected chi connectivity index (χ2v) is 8.07. The number of ether oxygens (including phenoxy) is 2. The number of benzene rings is 2. The van der Waals surface area contributed by atoms with Crippen LogP contribution in [0.2, 0.25) is 0 Å². The molecular formula is C20H18N2O5S2. The fraction of sp³-hybridized carbons (Fsp3) is 0.200. The summed E-state index contributed by atoms with van der Waals surface area (Å²) in [6.45, 7) is 4.53. The van der Waals surface area contributed by atoms with Crippen molar-refractivity contribution in [1.82, 2.24) is 5.32 Å². The number of hydrogen-bond acceptors (Lipinski definition) is 7. The molecule has 0 spiro atoms. The van der Waals surface area contributed by atoms with E-state index in [1.807, 2.05) is 26.0 Å². The van der Waals surface area contributed by atoms with Crippen LogP contribution < -0.4 is 14.8 Å². The summed E-state index contributed by atoms with van der Waals surface area (Å²) in [5.74, 6) is 0.832. The number of thioether (sulfide) groups is 1. The second kappa shape index (κ2) is 9.06. The monoisotopic (exact) mass is 430 g/mol. The number of aryl methyl sites for hydroxylation is 2. The van der Waals surface area contributed by atoms with Gasteiger partial charge in [-0.05, 0) is 49.2 Å². The van der Waals surface area contributed by atoms with Gasteiger partial charge in [-0.15, -0.1) is 0 Å². The molecule has 0 saturated carbocycles. The highest BCUT2D eigenvalue weighted by atomic mass is 32.2. The van der Waals surface area contributed by atoms with E-state index in [4.69, 9.17) is 21.7 Å². The molecule has 0 radical (unpaired) electrons. The lowest BCUT2D eigenvalue weighted by molar-refractivity contribution is -0.384. The quantitative estimate of drug-likeness (QED) is 0.232. The predicted molar refractivity (Wildman–Crippen MR) is 116 cm³/mol. The molecule has 1 N–H and O–H groups in total. The van der Waals surface area contributed by atoms with Crippen molar-refractivity contribution in [2.24, 2.45) is 0 Å². The number of nitrogens with one attached hydrogen (secondary N) is 1. The van der Waals surface area contributed by atoms with E-state index in [1.165, 1.54) is 24.3 Å². The van der Waals surface area contributed by atoms with E-state index < -0.39 is 4.92 Å². The first-order chi connectivity index (χ1) is 13.8. The maximum Gasteiger partial charge on any atom is 0.270 e. The number of non-ortho nitro benzene ring substituents is 1. The van der Waals surface area contributed by atoms with Crippen LogP contribution >= 0.6 is 24.0 Å². The van der Waals surface area contributed by atoms with E-state index in [1.54, 1.807) is 0 Å². The van der Waals surface area contributed by atoms with Crippen LogP contribution in [-0.2, 0) is 4.79 Å². The number of thiocarbonyl (C=S) groups is 1. The third-order valence-electron chi connectivity index (χ3n) is 3.94. The zero-order valence-corrected chi connectivity index (χ0v) is 17.4. The normalized spacial score (nSPS) is 14.8. The lowest BCUT2D eigenvalue weighted by atomic mass is 10.1. The molecular weight excluding hydrogens is 412 g/mol. The summed E-state index contributed by atoms with van der Waals surface area (Å²) >= 11 is 6.08. The SMILES string of the molecule is Cc1cc(C)cc(OCCOc2ccc([N+](=O)[O-])cc2C=C2SC(=S)NC2=O)c1. The summed E-state index contributed by atoms with van der Waals surface area (Å²) in [4.78, 5) is 22.9. The molecule has 0 aliphatic carbocycles. The van der Waals surface area contributed by atoms with Gasteiger partial charge in [-0.2, -0.15) is 0 Å². The van der Waals surface area contributed by atoms with E-state index in [-0.39, 0.29) is 18.2 Å². The van der Waals surface area contributed by atoms with Crippen LogP contribution in [0.1, 0.15) is 16.7 Å². The van der Waals surface area contributed by atoms with Crippen LogP contribution in [-0.4, -0.2) is 28.4 Å². The Balaban J connectivity index is 1.72. The third kappa shape index (κ3) is 5.55. The van der Waals surface area contributed by atoms with Crippen molar-refractivity contribution in [3.05, 3.63) is 68.1 Å². The van der Waals surface area contributed by atoms with Crippen molar-refractivity contribution >= 4 is 46.0 Å². The van der Waals surface area contributed by atoms with Crippen molar-refractivity contribution in [3.8, 4) is 11.5 Å². The molecule has 7 nitrogen and oxygen atoms in total. The Morgan fingerprint density at radius 1 is 1.14 bits per heavy atom. The Kier molecular flexibility index (Phi) is 6.50. The predicted octanol–water partition coefficient (Wildman–Crippen LogP) is 4.16. The number of carbonyl (C=O) groups excluding carboxylic acids is 1. The summed E-state index contributed by atoms with van der Waals surface area (Å²) < 4.78 is 11.8. The molecule has 1 aliphatic rings. The summed E-state index contributed by atoms with van der Waals surface area (Å²) in [6.07, 6.45) is 1.53. The van der Waals surface area contributed by atoms with Crippen LogP contribution in [0, 0.1) is 24.0 Å². The summed E-state index contributed by atoms with van der Waals surface area (Å²) in [7, 11) is 0. The Morgan fingerprint density at radius 3 is 2.45 bits per heavy atom. The highest BCUT2D eigenvalue weighted by Gasteiger charge is 2.23. The van der Waals surface area contributed by atoms with Crippen LogP contribution in [0.15, 0.2) is 41.3 Å². The zero-order chi connectivity index (χ0) is 21.0. The Labute approximate surface area is 177 Å². The topological polar surface area (TPSA) is 90.7 Å². The lowest BCUT2D eigenvalue weighted by Gasteiger charge is -2.11. The van der Waals surface area contributed by atoms with Gasteiger partial charge in [0.1, 0.15) is 29.0 Å². The maximum atomic E-state index is 11.9. The van der Waals surface area contributed by atoms with Gasteiger partial charge in [0, 0.05) is 17.7 Å². The Bertz CT molecular complexity index is 1000. The van der Waals surface area contributed by atoms with Gasteiger partial charge in [0.2, 0.25) is 0 Å². The van der Waals surface area contributed by atoms with Crippen LogP contribution in [0.5, 0.6) is 11.5 Å². The van der Waals surface area contributed by atoms with Crippen LogP contribution in [0.25, 0.3) is 6.08 Å². The molecule has 1 aliphatic heterocycles. The van der Waals surface area contributed by atoms with E-state index in [9.17, 15) is 14.9 Å². The summed E-state index contributed by atoms with van der Waals surface area (Å²) in [6, 6.07) is 10.2. The molecule has 1 saturated heterocycles. The van der Waals surface area contributed by atoms with Crippen molar-refractivity contribution in [2.45, 2.75) is 13.8 Å². The standard InChI is InChI=1S/C20H18N2O5S2/c1-12-7-13(2)9-16(8-12)26-5-6-27-17-4-3-15(22(24)25)10-14(17)11-18-19(23)21-20(28)29-18/h3-4,7-11H,5-6H2,1-2H3,(H,21,23,28). The summed E-state index contributed by atoms with van der Waals surface area (Å²) in [5, 5.41) is 13.6. The Morgan fingerprint density at radius 2 is 1.83 bits per heavy atom. The van der Waals surface area contributed by atoms with Gasteiger partial charge >= 0.3 is 0 Å². The highest BCUT2D eigenvalue weighted by molar-refractivity contribution is 8.26. The van der Waals surface area contributed by atoms with E-state index >= 15 is 0 Å². The number of nitro benzene ring substituents is 1. The zero-order valence-electron chi connectivity index (χ0n) is 15.8. The molecule has 0 bridgehead atoms. The molecule has 0 unspecified atom stereocenters. The summed E-state index contributed by atoms with van der Waals surface area (Å²) in [5.41, 5.74) is 2.54. The number of amides is 1. The first-order valence-corrected chi connectivity index (χ1v) is 9.91. The van der Waals surface area contributed by atoms with Crippen molar-refractivity contribution in [3.63, 3.8) is 0 Å². The van der Waals surface area contributed by atoms with E-state index in [0.29, 0.717) is 27.1 Å². The number of nitro groups is 1. The largest absolute Gasteiger partial charge is 0.490 e. The fourth-order valence-electron chi connectivity index (χ4n) is 2.78. The fourth-order valence-corrected chi connectivity index (χ4v) is 3.82. The van der Waals surface area contributed by atoms with Crippen LogP contribution in [0.4, 0.5) is 5.69 Å². The van der Waals surface area contributed by atoms with Gasteiger partial charge in [-0.1, -0.05) is 30.0 Å². The third-order valence-corrected chi connectivity index (χ3v) is 5.10. The number of rotatable bonds is 7. The molecule has 2 aromatic carbocycles. The molecule has 0 aromatic heterocycles. The van der Waals surface area contributed by atoms with E-state index in [2.05, 4.69) is 11.4 Å². The average Bonchev–Trinajstić information content (AvgIpc) is 2.95. The molecule has 1 fully saturated rings. The lowest BCUT2D eigenvalue weighted by Crippen LogP contribution is -2.17. The molecule has 9 heteroatoms. The minimum absolute atomic E-state index is 0.0957. The first kappa shape index (κ1) is 20.8. The van der Waals surface area contributed by atoms with Gasteiger partial charge in [0.25, 0.3) is 11.6 Å². The van der Waals surface area contributed by atoms with Gasteiger partial charge in [0.15, 0.2) is 0 Å². The van der Waals surface area contributed by atoms with Crippen LogP contribution in [0.3, 0.4) is 0 Å². The first-order valence-electron chi connectivity index (χ1n) is 8.69. The molecule has 1 amide bonds. The minimum atomic E-state index is -0.499. The average molecular weight is 431 g/mol. The second-order valence-electron chi connectivity index (χ2n) is 6.35. The minimum Gasteiger partial charge on any atom is -0.490 e. The number of hydrogen-bond donors (Lipinski definition) is 1. The van der Waals surface area contributed by atoms with Crippen molar-refractivity contribution in [2.75, 3.05) is 13.2 Å². The molecule has 1 heterocycles. The van der Waals surface area contributed by atoms with Crippen molar-refractivity contribution in [1.29, 1.82) is 0 Å². The maximum absolute atomic E-state index is 11.9. The molecule has 0 atom stereocenters. The highest BCUT2D eigenvalue weighted by Crippen LogP contribution is 2.31. The smallest absolute Gasteiger partial charge is 0.270 e. The molecule has 150 valence electrons. The van der Waals surface area contributed by atoms with E-state index in [0.717, 1.165) is 28.6 Å². The van der Waals surface area contributed by atoms with Gasteiger partial charge < -0.3 is 14.8 Å². The molecule has 2 aromatic rings. The number of carbonyl (C=O) groups is 1. The van der Waals surface area contributed by atoms with Gasteiger partial charge in [-0.3, -0.25) is 14.9 Å². The van der Waals surface area contributed by atoms with Gasteiger partial charge in [0.05, 0.1) is 9.83 Å². The molecule has 29 heavy (non-hydrogen) atoms. The van der Waals surface area contributed by atoms with Crippen molar-refractivity contribution < 1.29 is 19.2 Å². The number of nitrogens with zero attached hydrogens (tertiary/aromatic N) is 1. The Hall–Kier alpha value is -2.91. The van der Waals surface area contributed by atoms with Gasteiger partial charge in [-0.25, -0.2) is 0 Å².